The lowest BCUT2D eigenvalue weighted by molar-refractivity contribution is 0.0934. The smallest absolute Gasteiger partial charge is 0.167 e. The van der Waals surface area contributed by atoms with Crippen LogP contribution in [0.1, 0.15) is 29.6 Å². The number of ether oxygens (including phenoxy) is 1. The van der Waals surface area contributed by atoms with Crippen LogP contribution in [0.5, 0.6) is 0 Å². The molecular weight excluding hydrogens is 316 g/mol. The molecule has 0 spiro atoms. The van der Waals surface area contributed by atoms with Gasteiger partial charge >= 0.3 is 0 Å². The van der Waals surface area contributed by atoms with Crippen LogP contribution in [-0.2, 0) is 4.74 Å². The number of carbonyl (C=O) groups excluding carboxylic acids is 1. The van der Waals surface area contributed by atoms with E-state index in [4.69, 9.17) is 4.74 Å². The van der Waals surface area contributed by atoms with E-state index < -0.39 is 0 Å². The molecule has 2 aromatic rings. The number of hydrogen-bond donors (Lipinski definition) is 3. The van der Waals surface area contributed by atoms with E-state index >= 15 is 0 Å². The van der Waals surface area contributed by atoms with E-state index in [0.29, 0.717) is 24.6 Å². The number of aromatic amines is 1. The number of anilines is 1. The molecule has 1 fully saturated rings. The number of nitrogens with zero attached hydrogens (tertiary/aromatic N) is 1. The van der Waals surface area contributed by atoms with E-state index in [2.05, 4.69) is 20.6 Å². The molecule has 0 radical (unpaired) electrons. The van der Waals surface area contributed by atoms with Crippen LogP contribution in [0.4, 0.5) is 5.69 Å². The fourth-order valence-corrected chi connectivity index (χ4v) is 2.92. The number of Topliss-reactive ketones (excluding diaryl/α,β-unsaturated/α-hetero) is 1. The van der Waals surface area contributed by atoms with Crippen LogP contribution in [0, 0.1) is 0 Å². The first-order valence-corrected chi connectivity index (χ1v) is 7.75. The van der Waals surface area contributed by atoms with Crippen LogP contribution in [0.2, 0.25) is 0 Å². The van der Waals surface area contributed by atoms with Crippen LogP contribution in [0.25, 0.3) is 11.0 Å². The molecule has 1 aliphatic heterocycles. The average Bonchev–Trinajstić information content (AvgIpc) is 2.99. The summed E-state index contributed by atoms with van der Waals surface area (Å²) in [6.45, 7) is 2.46. The molecule has 126 valence electrons. The van der Waals surface area contributed by atoms with E-state index in [9.17, 15) is 4.79 Å². The average molecular weight is 339 g/mol. The normalized spacial score (nSPS) is 17.7. The number of methoxy groups -OCH3 is 1. The third-order valence-electron chi connectivity index (χ3n) is 4.06. The quantitative estimate of drug-likeness (QED) is 0.705. The maximum atomic E-state index is 12.4. The predicted octanol–water partition coefficient (Wildman–Crippen LogP) is 2.37. The molecule has 0 amide bonds. The van der Waals surface area contributed by atoms with E-state index in [0.717, 1.165) is 36.2 Å². The predicted molar refractivity (Wildman–Crippen MR) is 93.7 cm³/mol. The Balaban J connectivity index is 0.00000192. The van der Waals surface area contributed by atoms with Crippen molar-refractivity contribution in [3.05, 3.63) is 24.0 Å². The van der Waals surface area contributed by atoms with Crippen LogP contribution in [-0.4, -0.2) is 48.6 Å². The molecule has 2 aromatic heterocycles. The molecule has 3 heterocycles. The lowest BCUT2D eigenvalue weighted by atomic mass is 10.0. The van der Waals surface area contributed by atoms with Gasteiger partial charge < -0.3 is 20.4 Å². The van der Waals surface area contributed by atoms with Gasteiger partial charge in [0.25, 0.3) is 0 Å². The molecular formula is C16H23ClN4O2. The molecule has 0 aromatic carbocycles. The molecule has 0 aliphatic carbocycles. The van der Waals surface area contributed by atoms with E-state index in [1.54, 1.807) is 19.5 Å². The minimum atomic E-state index is 0. The van der Waals surface area contributed by atoms with Gasteiger partial charge in [-0.3, -0.25) is 4.79 Å². The first-order chi connectivity index (χ1) is 10.8. The second kappa shape index (κ2) is 8.29. The number of H-pyrrole nitrogens is 1. The van der Waals surface area contributed by atoms with E-state index in [-0.39, 0.29) is 18.2 Å². The number of nitrogens with one attached hydrogen (secondary N) is 3. The second-order valence-corrected chi connectivity index (χ2v) is 5.64. The Hall–Kier alpha value is -1.63. The molecule has 3 rings (SSSR count). The Kier molecular flexibility index (Phi) is 6.38. The molecule has 0 bridgehead atoms. The van der Waals surface area contributed by atoms with Crippen molar-refractivity contribution in [3.63, 3.8) is 0 Å². The van der Waals surface area contributed by atoms with Crippen molar-refractivity contribution in [3.8, 4) is 0 Å². The minimum absolute atomic E-state index is 0. The van der Waals surface area contributed by atoms with Crippen molar-refractivity contribution in [2.75, 3.05) is 32.1 Å². The molecule has 3 N–H and O–H groups in total. The van der Waals surface area contributed by atoms with Gasteiger partial charge in [-0.2, -0.15) is 0 Å². The van der Waals surface area contributed by atoms with Gasteiger partial charge in [0.15, 0.2) is 5.78 Å². The minimum Gasteiger partial charge on any atom is -0.384 e. The number of aromatic nitrogens is 2. The standard InChI is InChI=1S/C16H22N4O2.ClH/c1-22-8-5-14(21)12-10-19-16-15(12)13(4-7-18-16)20-11-3-2-6-17-9-11;/h4,7,10-11,17H,2-3,5-6,8-9H2,1H3,(H2,18,19,20);1H/t11-;/m1./s1. The molecule has 1 aliphatic rings. The molecule has 1 atom stereocenters. The Morgan fingerprint density at radius 1 is 1.52 bits per heavy atom. The number of halogens is 1. The number of ketones is 1. The summed E-state index contributed by atoms with van der Waals surface area (Å²) in [6.07, 6.45) is 6.19. The van der Waals surface area contributed by atoms with Gasteiger partial charge in [0.1, 0.15) is 5.65 Å². The van der Waals surface area contributed by atoms with Gasteiger partial charge in [0.2, 0.25) is 0 Å². The largest absolute Gasteiger partial charge is 0.384 e. The Labute approximate surface area is 141 Å². The zero-order valence-electron chi connectivity index (χ0n) is 13.2. The maximum absolute atomic E-state index is 12.4. The van der Waals surface area contributed by atoms with Crippen molar-refractivity contribution < 1.29 is 9.53 Å². The summed E-state index contributed by atoms with van der Waals surface area (Å²) < 4.78 is 5.00. The summed E-state index contributed by atoms with van der Waals surface area (Å²) in [5.41, 5.74) is 2.40. The van der Waals surface area contributed by atoms with Crippen molar-refractivity contribution >= 4 is 34.9 Å². The van der Waals surface area contributed by atoms with Crippen molar-refractivity contribution in [2.45, 2.75) is 25.3 Å². The highest BCUT2D eigenvalue weighted by Crippen LogP contribution is 2.27. The molecule has 0 saturated carbocycles. The highest BCUT2D eigenvalue weighted by molar-refractivity contribution is 6.11. The summed E-state index contributed by atoms with van der Waals surface area (Å²) >= 11 is 0. The van der Waals surface area contributed by atoms with Gasteiger partial charge in [-0.1, -0.05) is 0 Å². The lowest BCUT2D eigenvalue weighted by Gasteiger charge is -2.25. The van der Waals surface area contributed by atoms with Crippen LogP contribution < -0.4 is 10.6 Å². The highest BCUT2D eigenvalue weighted by Gasteiger charge is 2.18. The van der Waals surface area contributed by atoms with E-state index in [1.807, 2.05) is 6.07 Å². The Morgan fingerprint density at radius 3 is 3.13 bits per heavy atom. The van der Waals surface area contributed by atoms with Crippen LogP contribution >= 0.6 is 12.4 Å². The summed E-state index contributed by atoms with van der Waals surface area (Å²) in [5.74, 6) is 0.0749. The van der Waals surface area contributed by atoms with Crippen molar-refractivity contribution in [1.82, 2.24) is 15.3 Å². The monoisotopic (exact) mass is 338 g/mol. The second-order valence-electron chi connectivity index (χ2n) is 5.64. The van der Waals surface area contributed by atoms with Gasteiger partial charge in [0.05, 0.1) is 12.0 Å². The summed E-state index contributed by atoms with van der Waals surface area (Å²) in [7, 11) is 1.60. The van der Waals surface area contributed by atoms with Gasteiger partial charge in [-0.25, -0.2) is 4.98 Å². The molecule has 1 saturated heterocycles. The van der Waals surface area contributed by atoms with Crippen LogP contribution in [0.15, 0.2) is 18.5 Å². The number of pyridine rings is 1. The SMILES string of the molecule is COCCC(=O)c1c[nH]c2nccc(N[C@@H]3CCCNC3)c12.Cl. The summed E-state index contributed by atoms with van der Waals surface area (Å²) in [6, 6.07) is 2.33. The lowest BCUT2D eigenvalue weighted by Crippen LogP contribution is -2.38. The molecule has 23 heavy (non-hydrogen) atoms. The Bertz CT molecular complexity index is 653. The van der Waals surface area contributed by atoms with Gasteiger partial charge in [-0.05, 0) is 25.5 Å². The number of rotatable bonds is 6. The fraction of sp³-hybridized carbons (Fsp3) is 0.500. The summed E-state index contributed by atoms with van der Waals surface area (Å²) in [4.78, 5) is 19.8. The maximum Gasteiger partial charge on any atom is 0.167 e. The third-order valence-corrected chi connectivity index (χ3v) is 4.06. The van der Waals surface area contributed by atoms with E-state index in [1.165, 1.54) is 6.42 Å². The molecule has 0 unspecified atom stereocenters. The zero-order chi connectivity index (χ0) is 15.4. The number of fused-ring (bicyclic) bond motifs is 1. The third kappa shape index (κ3) is 4.02. The molecule has 7 heteroatoms. The Morgan fingerprint density at radius 2 is 2.39 bits per heavy atom. The van der Waals surface area contributed by atoms with Crippen molar-refractivity contribution in [2.24, 2.45) is 0 Å². The van der Waals surface area contributed by atoms with Gasteiger partial charge in [0, 0.05) is 49.8 Å². The van der Waals surface area contributed by atoms with Crippen LogP contribution in [0.3, 0.4) is 0 Å². The van der Waals surface area contributed by atoms with Gasteiger partial charge in [-0.15, -0.1) is 12.4 Å². The number of carbonyl (C=O) groups is 1. The first kappa shape index (κ1) is 17.7. The summed E-state index contributed by atoms with van der Waals surface area (Å²) in [5, 5.41) is 7.83. The topological polar surface area (TPSA) is 79.0 Å². The van der Waals surface area contributed by atoms with Crippen molar-refractivity contribution in [1.29, 1.82) is 0 Å². The molecule has 6 nitrogen and oxygen atoms in total. The first-order valence-electron chi connectivity index (χ1n) is 7.75. The highest BCUT2D eigenvalue weighted by atomic mass is 35.5. The fourth-order valence-electron chi connectivity index (χ4n) is 2.92. The number of piperidine rings is 1. The number of hydrogen-bond acceptors (Lipinski definition) is 5. The zero-order valence-corrected chi connectivity index (χ0v) is 14.0.